The summed E-state index contributed by atoms with van der Waals surface area (Å²) in [5.41, 5.74) is 0.306. The maximum Gasteiger partial charge on any atom is 0.339 e. The summed E-state index contributed by atoms with van der Waals surface area (Å²) < 4.78 is 4.63. The predicted octanol–water partition coefficient (Wildman–Crippen LogP) is 1.00. The molecule has 9 nitrogen and oxygen atoms in total. The molecule has 0 atom stereocenters. The summed E-state index contributed by atoms with van der Waals surface area (Å²) >= 11 is 0. The molecular weight excluding hydrogens is 342 g/mol. The highest BCUT2D eigenvalue weighted by Crippen LogP contribution is 2.17. The summed E-state index contributed by atoms with van der Waals surface area (Å²) in [4.78, 5) is 61.4. The number of urea groups is 1. The molecule has 1 fully saturated rings. The van der Waals surface area contributed by atoms with Crippen LogP contribution in [0.2, 0.25) is 0 Å². The zero-order valence-electron chi connectivity index (χ0n) is 14.5. The van der Waals surface area contributed by atoms with Crippen LogP contribution < -0.4 is 5.32 Å². The van der Waals surface area contributed by atoms with E-state index in [1.54, 1.807) is 12.1 Å². The molecule has 1 saturated heterocycles. The number of unbranched alkanes of at least 4 members (excludes halogenated alkanes) is 1. The van der Waals surface area contributed by atoms with E-state index >= 15 is 0 Å². The van der Waals surface area contributed by atoms with Crippen LogP contribution >= 0.6 is 0 Å². The van der Waals surface area contributed by atoms with Gasteiger partial charge in [-0.15, -0.1) is 0 Å². The number of benzene rings is 1. The van der Waals surface area contributed by atoms with Crippen LogP contribution in [-0.2, 0) is 19.1 Å². The number of hydrogen-bond donors (Lipinski definition) is 1. The number of amides is 5. The molecule has 9 heteroatoms. The third-order valence-electron chi connectivity index (χ3n) is 3.78. The van der Waals surface area contributed by atoms with Crippen LogP contribution in [0.25, 0.3) is 0 Å². The number of nitrogens with zero attached hydrogens (tertiary/aromatic N) is 2. The summed E-state index contributed by atoms with van der Waals surface area (Å²) in [6, 6.07) is 5.33. The van der Waals surface area contributed by atoms with E-state index in [0.29, 0.717) is 11.3 Å². The second-order valence-electron chi connectivity index (χ2n) is 5.57. The molecule has 138 valence electrons. The van der Waals surface area contributed by atoms with Crippen molar-refractivity contribution in [3.8, 4) is 0 Å². The largest absolute Gasteiger partial charge is 0.465 e. The standard InChI is InChI=1S/C17H19N3O6/c1-3-4-9-19-14(22)15(23)20(17(19)25)10-13(21)18-12-8-6-5-7-11(12)16(24)26-2/h5-8H,3-4,9-10H2,1-2H3,(H,18,21). The fourth-order valence-electron chi connectivity index (χ4n) is 2.42. The quantitative estimate of drug-likeness (QED) is 0.440. The van der Waals surface area contributed by atoms with E-state index in [0.717, 1.165) is 11.3 Å². The lowest BCUT2D eigenvalue weighted by atomic mass is 10.2. The SMILES string of the molecule is CCCCN1C(=O)C(=O)N(CC(=O)Nc2ccccc2C(=O)OC)C1=O. The number of imide groups is 2. The van der Waals surface area contributed by atoms with Gasteiger partial charge < -0.3 is 10.1 Å². The molecular formula is C17H19N3O6. The van der Waals surface area contributed by atoms with Crippen LogP contribution in [0.1, 0.15) is 30.1 Å². The molecule has 0 radical (unpaired) electrons. The van der Waals surface area contributed by atoms with Crippen molar-refractivity contribution in [1.29, 1.82) is 0 Å². The van der Waals surface area contributed by atoms with Crippen LogP contribution in [0.5, 0.6) is 0 Å². The third kappa shape index (κ3) is 3.88. The number of esters is 1. The van der Waals surface area contributed by atoms with E-state index in [1.165, 1.54) is 19.2 Å². The molecule has 1 N–H and O–H groups in total. The molecule has 0 aromatic heterocycles. The highest BCUT2D eigenvalue weighted by atomic mass is 16.5. The smallest absolute Gasteiger partial charge is 0.339 e. The molecule has 1 heterocycles. The number of methoxy groups -OCH3 is 1. The summed E-state index contributed by atoms with van der Waals surface area (Å²) in [5, 5.41) is 2.45. The molecule has 0 aliphatic carbocycles. The van der Waals surface area contributed by atoms with Crippen molar-refractivity contribution in [3.63, 3.8) is 0 Å². The number of para-hydroxylation sites is 1. The van der Waals surface area contributed by atoms with Gasteiger partial charge in [-0.3, -0.25) is 19.3 Å². The van der Waals surface area contributed by atoms with Crippen LogP contribution in [0.4, 0.5) is 10.5 Å². The number of nitrogens with one attached hydrogen (secondary N) is 1. The maximum absolute atomic E-state index is 12.2. The van der Waals surface area contributed by atoms with Crippen LogP contribution in [0.15, 0.2) is 24.3 Å². The number of ether oxygens (including phenoxy) is 1. The minimum absolute atomic E-state index is 0.128. The Labute approximate surface area is 149 Å². The van der Waals surface area contributed by atoms with Crippen LogP contribution in [-0.4, -0.2) is 59.7 Å². The molecule has 1 aromatic rings. The lowest BCUT2D eigenvalue weighted by Gasteiger charge is -2.15. The molecule has 0 spiro atoms. The van der Waals surface area contributed by atoms with Crippen molar-refractivity contribution in [1.82, 2.24) is 9.80 Å². The summed E-state index contributed by atoms with van der Waals surface area (Å²) in [7, 11) is 1.21. The zero-order chi connectivity index (χ0) is 19.3. The summed E-state index contributed by atoms with van der Waals surface area (Å²) in [6.45, 7) is 1.39. The van der Waals surface area contributed by atoms with E-state index in [-0.39, 0.29) is 17.8 Å². The van der Waals surface area contributed by atoms with Gasteiger partial charge in [-0.1, -0.05) is 25.5 Å². The fraction of sp³-hybridized carbons (Fsp3) is 0.353. The fourth-order valence-corrected chi connectivity index (χ4v) is 2.42. The van der Waals surface area contributed by atoms with Gasteiger partial charge in [0.05, 0.1) is 18.4 Å². The van der Waals surface area contributed by atoms with Crippen molar-refractivity contribution in [2.75, 3.05) is 25.5 Å². The Morgan fingerprint density at radius 2 is 1.73 bits per heavy atom. The first kappa shape index (κ1) is 19.1. The van der Waals surface area contributed by atoms with Gasteiger partial charge in [0.25, 0.3) is 0 Å². The zero-order valence-corrected chi connectivity index (χ0v) is 14.5. The molecule has 26 heavy (non-hydrogen) atoms. The molecule has 0 saturated carbocycles. The molecule has 1 aromatic carbocycles. The number of hydrogen-bond acceptors (Lipinski definition) is 6. The Morgan fingerprint density at radius 1 is 1.08 bits per heavy atom. The van der Waals surface area contributed by atoms with Gasteiger partial charge in [-0.25, -0.2) is 14.5 Å². The average Bonchev–Trinajstić information content (AvgIpc) is 2.83. The highest BCUT2D eigenvalue weighted by molar-refractivity contribution is 6.45. The van der Waals surface area contributed by atoms with Gasteiger partial charge in [0.2, 0.25) is 5.91 Å². The molecule has 1 aliphatic heterocycles. The number of carbonyl (C=O) groups is 5. The minimum atomic E-state index is -1.04. The Hall–Kier alpha value is -3.23. The maximum atomic E-state index is 12.2. The Bertz CT molecular complexity index is 761. The van der Waals surface area contributed by atoms with Crippen molar-refractivity contribution >= 4 is 35.4 Å². The summed E-state index contributed by atoms with van der Waals surface area (Å²) in [5.74, 6) is -3.34. The van der Waals surface area contributed by atoms with Gasteiger partial charge >= 0.3 is 23.8 Å². The number of anilines is 1. The van der Waals surface area contributed by atoms with Gasteiger partial charge in [0.15, 0.2) is 0 Å². The van der Waals surface area contributed by atoms with E-state index < -0.39 is 36.3 Å². The average molecular weight is 361 g/mol. The first-order chi connectivity index (χ1) is 12.4. The van der Waals surface area contributed by atoms with Gasteiger partial charge in [-0.2, -0.15) is 0 Å². The highest BCUT2D eigenvalue weighted by Gasteiger charge is 2.44. The van der Waals surface area contributed by atoms with E-state index in [2.05, 4.69) is 10.1 Å². The molecule has 5 amide bonds. The Kier molecular flexibility index (Phi) is 6.05. The number of carbonyl (C=O) groups excluding carboxylic acids is 5. The third-order valence-corrected chi connectivity index (χ3v) is 3.78. The van der Waals surface area contributed by atoms with Crippen molar-refractivity contribution < 1.29 is 28.7 Å². The lowest BCUT2D eigenvalue weighted by molar-refractivity contribution is -0.143. The van der Waals surface area contributed by atoms with Crippen LogP contribution in [0, 0.1) is 0 Å². The molecule has 0 unspecified atom stereocenters. The van der Waals surface area contributed by atoms with Gasteiger partial charge in [-0.05, 0) is 18.6 Å². The minimum Gasteiger partial charge on any atom is -0.465 e. The molecule has 0 bridgehead atoms. The molecule has 2 rings (SSSR count). The lowest BCUT2D eigenvalue weighted by Crippen LogP contribution is -2.39. The summed E-state index contributed by atoms with van der Waals surface area (Å²) in [6.07, 6.45) is 1.31. The van der Waals surface area contributed by atoms with Crippen molar-refractivity contribution in [2.24, 2.45) is 0 Å². The first-order valence-electron chi connectivity index (χ1n) is 8.05. The number of rotatable bonds is 7. The Balaban J connectivity index is 2.09. The first-order valence-corrected chi connectivity index (χ1v) is 8.05. The predicted molar refractivity (Wildman–Crippen MR) is 90.1 cm³/mol. The van der Waals surface area contributed by atoms with E-state index in [1.807, 2.05) is 6.92 Å². The Morgan fingerprint density at radius 3 is 2.38 bits per heavy atom. The van der Waals surface area contributed by atoms with E-state index in [9.17, 15) is 24.0 Å². The molecule has 1 aliphatic rings. The normalized spacial score (nSPS) is 14.0. The van der Waals surface area contributed by atoms with Gasteiger partial charge in [0.1, 0.15) is 6.54 Å². The monoisotopic (exact) mass is 361 g/mol. The van der Waals surface area contributed by atoms with Gasteiger partial charge in [0, 0.05) is 6.54 Å². The van der Waals surface area contributed by atoms with Crippen LogP contribution in [0.3, 0.4) is 0 Å². The second-order valence-corrected chi connectivity index (χ2v) is 5.57. The van der Waals surface area contributed by atoms with E-state index in [4.69, 9.17) is 0 Å². The van der Waals surface area contributed by atoms with Crippen molar-refractivity contribution in [2.45, 2.75) is 19.8 Å². The topological polar surface area (TPSA) is 113 Å². The second kappa shape index (κ2) is 8.24. The van der Waals surface area contributed by atoms with Crippen molar-refractivity contribution in [3.05, 3.63) is 29.8 Å².